The minimum Gasteiger partial charge on any atom is -0.300 e. The molecule has 0 aromatic rings. The lowest BCUT2D eigenvalue weighted by atomic mass is 10.2. The second-order valence-corrected chi connectivity index (χ2v) is 2.59. The van der Waals surface area contributed by atoms with Gasteiger partial charge in [0.05, 0.1) is 0 Å². The molecule has 1 heteroatoms. The highest BCUT2D eigenvalue weighted by Gasteiger charge is 1.86. The fourth-order valence-corrected chi connectivity index (χ4v) is 0.552. The van der Waals surface area contributed by atoms with E-state index in [4.69, 9.17) is 0 Å². The number of carbonyl (C=O) groups excluding carboxylic acids is 1. The van der Waals surface area contributed by atoms with Gasteiger partial charge >= 0.3 is 0 Å². The maximum Gasteiger partial charge on any atom is 0.130 e. The number of hydrogen-bond donors (Lipinski definition) is 0. The summed E-state index contributed by atoms with van der Waals surface area (Å²) in [4.78, 5) is 10.4. The van der Waals surface area contributed by atoms with E-state index in [1.165, 1.54) is 0 Å². The van der Waals surface area contributed by atoms with E-state index in [2.05, 4.69) is 5.73 Å². The molecule has 56 valence electrons. The van der Waals surface area contributed by atoms with Gasteiger partial charge in [0.2, 0.25) is 0 Å². The minimum absolute atomic E-state index is 0.242. The van der Waals surface area contributed by atoms with Crippen LogP contribution in [0, 0.1) is 0 Å². The first-order chi connectivity index (χ1) is 4.63. The number of hydrogen-bond acceptors (Lipinski definition) is 1. The van der Waals surface area contributed by atoms with Crippen molar-refractivity contribution in [2.45, 2.75) is 33.6 Å². The van der Waals surface area contributed by atoms with Gasteiger partial charge in [-0.3, -0.25) is 0 Å². The van der Waals surface area contributed by atoms with E-state index in [1.54, 1.807) is 6.92 Å². The molecule has 0 N–H and O–H groups in total. The van der Waals surface area contributed by atoms with Crippen molar-refractivity contribution in [1.82, 2.24) is 0 Å². The molecular weight excluding hydrogens is 124 g/mol. The molecule has 0 aliphatic rings. The van der Waals surface area contributed by atoms with Crippen molar-refractivity contribution < 1.29 is 4.79 Å². The molecule has 1 nitrogen and oxygen atoms in total. The van der Waals surface area contributed by atoms with Crippen LogP contribution >= 0.6 is 0 Å². The van der Waals surface area contributed by atoms with Crippen LogP contribution in [-0.4, -0.2) is 5.78 Å². The van der Waals surface area contributed by atoms with Gasteiger partial charge in [0.1, 0.15) is 5.78 Å². The number of Topliss-reactive ketones (excluding diaryl/α,β-unsaturated/α-hetero) is 1. The van der Waals surface area contributed by atoms with Gasteiger partial charge in [0.25, 0.3) is 0 Å². The predicted octanol–water partition coefficient (Wildman–Crippen LogP) is 2.48. The Kier molecular flexibility index (Phi) is 4.61. The normalized spacial score (nSPS) is 8.30. The number of ketones is 1. The highest BCUT2D eigenvalue weighted by molar-refractivity contribution is 5.75. The second-order valence-electron chi connectivity index (χ2n) is 2.59. The molecule has 0 fully saturated rings. The first kappa shape index (κ1) is 9.19. The Morgan fingerprint density at radius 1 is 1.40 bits per heavy atom. The topological polar surface area (TPSA) is 17.1 Å². The van der Waals surface area contributed by atoms with Gasteiger partial charge in [-0.2, -0.15) is 0 Å². The maximum atomic E-state index is 10.4. The zero-order valence-electron chi connectivity index (χ0n) is 6.90. The van der Waals surface area contributed by atoms with E-state index >= 15 is 0 Å². The summed E-state index contributed by atoms with van der Waals surface area (Å²) < 4.78 is 0. The molecule has 0 saturated heterocycles. The molecular formula is C9H14O. The zero-order valence-corrected chi connectivity index (χ0v) is 6.90. The van der Waals surface area contributed by atoms with Crippen LogP contribution in [0.3, 0.4) is 0 Å². The van der Waals surface area contributed by atoms with Crippen molar-refractivity contribution in [3.8, 4) is 0 Å². The molecule has 0 unspecified atom stereocenters. The Hall–Kier alpha value is -0.810. The lowest BCUT2D eigenvalue weighted by Crippen LogP contribution is -1.85. The molecule has 0 spiro atoms. The molecule has 0 aromatic heterocycles. The highest BCUT2D eigenvalue weighted by atomic mass is 16.1. The zero-order chi connectivity index (χ0) is 7.98. The Morgan fingerprint density at radius 2 is 2.00 bits per heavy atom. The van der Waals surface area contributed by atoms with E-state index in [-0.39, 0.29) is 5.78 Å². The summed E-state index contributed by atoms with van der Waals surface area (Å²) >= 11 is 0. The Labute approximate surface area is 62.4 Å². The summed E-state index contributed by atoms with van der Waals surface area (Å²) in [5.74, 6) is 0.242. The summed E-state index contributed by atoms with van der Waals surface area (Å²) in [6, 6.07) is 0. The minimum atomic E-state index is 0.242. The van der Waals surface area contributed by atoms with Crippen LogP contribution in [0.15, 0.2) is 17.4 Å². The molecule has 0 amide bonds. The Bertz CT molecular complexity index is 167. The van der Waals surface area contributed by atoms with Gasteiger partial charge in [0, 0.05) is 6.42 Å². The summed E-state index contributed by atoms with van der Waals surface area (Å²) in [7, 11) is 0. The average Bonchev–Trinajstić information content (AvgIpc) is 1.79. The third-order valence-corrected chi connectivity index (χ3v) is 1.03. The molecule has 0 aliphatic heterocycles. The first-order valence-corrected chi connectivity index (χ1v) is 3.50. The summed E-state index contributed by atoms with van der Waals surface area (Å²) in [6.45, 7) is 5.59. The van der Waals surface area contributed by atoms with Crippen LogP contribution in [0.2, 0.25) is 0 Å². The van der Waals surface area contributed by atoms with Gasteiger partial charge in [-0.1, -0.05) is 0 Å². The van der Waals surface area contributed by atoms with Gasteiger partial charge < -0.3 is 4.79 Å². The average molecular weight is 138 g/mol. The fourth-order valence-electron chi connectivity index (χ4n) is 0.552. The number of allylic oxidation sites excluding steroid dienone is 1. The molecule has 0 aliphatic carbocycles. The third-order valence-electron chi connectivity index (χ3n) is 1.03. The number of rotatable bonds is 3. The second kappa shape index (κ2) is 5.01. The van der Waals surface area contributed by atoms with Crippen LogP contribution in [0.4, 0.5) is 0 Å². The molecule has 0 bridgehead atoms. The maximum absolute atomic E-state index is 10.4. The molecule has 10 heavy (non-hydrogen) atoms. The van der Waals surface area contributed by atoms with Crippen LogP contribution in [0.25, 0.3) is 0 Å². The van der Waals surface area contributed by atoms with Crippen molar-refractivity contribution >= 4 is 5.78 Å². The molecule has 0 aromatic carbocycles. The Balaban J connectivity index is 3.56. The summed E-state index contributed by atoms with van der Waals surface area (Å²) in [5.41, 5.74) is 4.20. The first-order valence-electron chi connectivity index (χ1n) is 3.50. The predicted molar refractivity (Wildman–Crippen MR) is 42.9 cm³/mol. The van der Waals surface area contributed by atoms with Crippen LogP contribution in [-0.2, 0) is 4.79 Å². The van der Waals surface area contributed by atoms with Crippen molar-refractivity contribution in [1.29, 1.82) is 0 Å². The van der Waals surface area contributed by atoms with Crippen molar-refractivity contribution in [2.75, 3.05) is 0 Å². The fraction of sp³-hybridized carbons (Fsp3) is 0.556. The molecule has 0 saturated carbocycles. The molecule has 0 radical (unpaired) electrons. The van der Waals surface area contributed by atoms with Gasteiger partial charge in [-0.15, -0.1) is 5.73 Å². The van der Waals surface area contributed by atoms with E-state index in [1.807, 2.05) is 19.9 Å². The summed E-state index contributed by atoms with van der Waals surface area (Å²) in [5, 5.41) is 0. The van der Waals surface area contributed by atoms with Crippen LogP contribution in [0.5, 0.6) is 0 Å². The van der Waals surface area contributed by atoms with Crippen molar-refractivity contribution in [3.63, 3.8) is 0 Å². The smallest absolute Gasteiger partial charge is 0.130 e. The number of carbonyl (C=O) groups is 1. The third kappa shape index (κ3) is 7.19. The van der Waals surface area contributed by atoms with E-state index in [0.717, 1.165) is 12.0 Å². The van der Waals surface area contributed by atoms with Crippen molar-refractivity contribution in [3.05, 3.63) is 17.4 Å². The lowest BCUT2D eigenvalue weighted by Gasteiger charge is -1.84. The quantitative estimate of drug-likeness (QED) is 0.547. The monoisotopic (exact) mass is 138 g/mol. The van der Waals surface area contributed by atoms with E-state index in [0.29, 0.717) is 6.42 Å². The highest BCUT2D eigenvalue weighted by Crippen LogP contribution is 1.92. The van der Waals surface area contributed by atoms with Crippen LogP contribution < -0.4 is 0 Å². The molecule has 0 rings (SSSR count). The molecule has 0 atom stereocenters. The SMILES string of the molecule is CC(=O)CCC=C=C(C)C. The van der Waals surface area contributed by atoms with Gasteiger partial charge in [0.15, 0.2) is 0 Å². The largest absolute Gasteiger partial charge is 0.300 e. The van der Waals surface area contributed by atoms with Crippen LogP contribution in [0.1, 0.15) is 33.6 Å². The molecule has 0 heterocycles. The van der Waals surface area contributed by atoms with E-state index < -0.39 is 0 Å². The van der Waals surface area contributed by atoms with Gasteiger partial charge in [-0.25, -0.2) is 0 Å². The lowest BCUT2D eigenvalue weighted by molar-refractivity contribution is -0.116. The van der Waals surface area contributed by atoms with Crippen molar-refractivity contribution in [2.24, 2.45) is 0 Å². The van der Waals surface area contributed by atoms with E-state index in [9.17, 15) is 4.79 Å². The standard InChI is InChI=1S/C9H14O/c1-8(2)6-4-5-7-9(3)10/h4H,5,7H2,1-3H3. The Morgan fingerprint density at radius 3 is 2.40 bits per heavy atom. The summed E-state index contributed by atoms with van der Waals surface area (Å²) in [6.07, 6.45) is 3.37. The van der Waals surface area contributed by atoms with Gasteiger partial charge in [-0.05, 0) is 38.8 Å².